The number of aromatic nitrogens is 3. The van der Waals surface area contributed by atoms with Gasteiger partial charge in [-0.3, -0.25) is 19.7 Å². The van der Waals surface area contributed by atoms with Crippen LogP contribution in [0.3, 0.4) is 0 Å². The molecule has 3 amide bonds. The zero-order chi connectivity index (χ0) is 35.6. The Bertz CT molecular complexity index is 2110. The number of fused-ring (bicyclic) bond motifs is 4. The molecule has 0 bridgehead atoms. The van der Waals surface area contributed by atoms with Gasteiger partial charge >= 0.3 is 0 Å². The largest absolute Gasteiger partial charge is 0.507 e. The van der Waals surface area contributed by atoms with Gasteiger partial charge in [0.1, 0.15) is 23.4 Å². The number of hydrogen-bond acceptors (Lipinski definition) is 11. The third-order valence-corrected chi connectivity index (χ3v) is 11.8. The number of pyridine rings is 1. The van der Waals surface area contributed by atoms with Crippen molar-refractivity contribution in [2.45, 2.75) is 62.6 Å². The zero-order valence-electron chi connectivity index (χ0n) is 28.8. The molecule has 9 rings (SSSR count). The minimum atomic E-state index is -0.639. The van der Waals surface area contributed by atoms with Gasteiger partial charge in [0.05, 0.1) is 24.5 Å². The lowest BCUT2D eigenvalue weighted by Gasteiger charge is -2.45. The fourth-order valence-electron chi connectivity index (χ4n) is 8.85. The molecule has 0 radical (unpaired) electrons. The van der Waals surface area contributed by atoms with E-state index in [-0.39, 0.29) is 35.2 Å². The number of amides is 3. The first kappa shape index (κ1) is 32.4. The first-order chi connectivity index (χ1) is 25.3. The quantitative estimate of drug-likeness (QED) is 0.260. The number of nitrogens with one attached hydrogen (secondary N) is 1. The van der Waals surface area contributed by atoms with Crippen LogP contribution in [0, 0.1) is 0 Å². The Kier molecular flexibility index (Phi) is 7.83. The van der Waals surface area contributed by atoms with Crippen LogP contribution < -0.4 is 20.7 Å². The second-order valence-electron chi connectivity index (χ2n) is 14.6. The molecule has 0 saturated carbocycles. The number of para-hydroxylation sites is 1. The van der Waals surface area contributed by atoms with Crippen LogP contribution in [0.25, 0.3) is 22.5 Å². The number of piperidine rings is 3. The Labute approximate surface area is 300 Å². The molecule has 5 aliphatic rings. The summed E-state index contributed by atoms with van der Waals surface area (Å²) in [6.45, 7) is 4.68. The molecule has 266 valence electrons. The van der Waals surface area contributed by atoms with Crippen molar-refractivity contribution in [3.8, 4) is 34.0 Å². The number of benzene rings is 2. The molecule has 1 atom stereocenters. The molecule has 3 saturated heterocycles. The van der Waals surface area contributed by atoms with Crippen molar-refractivity contribution in [2.24, 2.45) is 0 Å². The van der Waals surface area contributed by atoms with E-state index in [1.54, 1.807) is 23.1 Å². The molecule has 3 fully saturated rings. The first-order valence-electron chi connectivity index (χ1n) is 18.1. The lowest BCUT2D eigenvalue weighted by molar-refractivity contribution is -0.136. The van der Waals surface area contributed by atoms with Crippen molar-refractivity contribution in [1.29, 1.82) is 0 Å². The predicted octanol–water partition coefficient (Wildman–Crippen LogP) is 3.65. The maximum Gasteiger partial charge on any atom is 0.255 e. The molecule has 0 aliphatic carbocycles. The van der Waals surface area contributed by atoms with Crippen LogP contribution in [0.1, 0.15) is 60.0 Å². The molecule has 4 N–H and O–H groups in total. The van der Waals surface area contributed by atoms with E-state index in [4.69, 9.17) is 15.5 Å². The SMILES string of the molecule is Nc1nnc(-c2ccccc2O)cc1-c1cccc(N2CCC(N3CCC4(CC3)COc3c4ccc4c3CN(C3CCC(=O)NC3=O)C4=O)CC2)n1. The van der Waals surface area contributed by atoms with Gasteiger partial charge in [0, 0.05) is 58.8 Å². The van der Waals surface area contributed by atoms with Crippen LogP contribution in [-0.2, 0) is 21.5 Å². The number of rotatable bonds is 5. The highest BCUT2D eigenvalue weighted by Crippen LogP contribution is 2.50. The number of carbonyl (C=O) groups is 3. The zero-order valence-corrected chi connectivity index (χ0v) is 28.8. The highest BCUT2D eigenvalue weighted by molar-refractivity contribution is 6.05. The van der Waals surface area contributed by atoms with Gasteiger partial charge in [0.15, 0.2) is 5.82 Å². The van der Waals surface area contributed by atoms with Crippen LogP contribution in [0.4, 0.5) is 11.6 Å². The summed E-state index contributed by atoms with van der Waals surface area (Å²) in [5, 5.41) is 21.1. The molecule has 13 nitrogen and oxygen atoms in total. The number of aromatic hydroxyl groups is 1. The van der Waals surface area contributed by atoms with E-state index < -0.39 is 11.9 Å². The maximum absolute atomic E-state index is 13.4. The molecule has 7 heterocycles. The Balaban J connectivity index is 0.842. The van der Waals surface area contributed by atoms with E-state index in [0.717, 1.165) is 69.0 Å². The van der Waals surface area contributed by atoms with Crippen molar-refractivity contribution < 1.29 is 24.2 Å². The summed E-state index contributed by atoms with van der Waals surface area (Å²) >= 11 is 0. The fourth-order valence-corrected chi connectivity index (χ4v) is 8.85. The summed E-state index contributed by atoms with van der Waals surface area (Å²) in [5.41, 5.74) is 11.3. The number of nitrogens with zero attached hydrogens (tertiary/aromatic N) is 6. The summed E-state index contributed by atoms with van der Waals surface area (Å²) in [7, 11) is 0. The van der Waals surface area contributed by atoms with Gasteiger partial charge in [-0.05, 0) is 81.6 Å². The number of hydrogen-bond donors (Lipinski definition) is 3. The van der Waals surface area contributed by atoms with Crippen LogP contribution in [0.2, 0.25) is 0 Å². The van der Waals surface area contributed by atoms with Crippen molar-refractivity contribution in [3.05, 3.63) is 77.4 Å². The third kappa shape index (κ3) is 5.42. The monoisotopic (exact) mass is 700 g/mol. The topological polar surface area (TPSA) is 167 Å². The van der Waals surface area contributed by atoms with E-state index in [0.29, 0.717) is 53.7 Å². The number of nitrogens with two attached hydrogens (primary N) is 1. The number of phenolic OH excluding ortho intramolecular Hbond substituents is 1. The molecule has 13 heteroatoms. The first-order valence-corrected chi connectivity index (χ1v) is 18.1. The lowest BCUT2D eigenvalue weighted by atomic mass is 9.73. The molecule has 4 aromatic rings. The van der Waals surface area contributed by atoms with E-state index in [2.05, 4.69) is 31.4 Å². The smallest absolute Gasteiger partial charge is 0.255 e. The average Bonchev–Trinajstić information content (AvgIpc) is 3.69. The van der Waals surface area contributed by atoms with E-state index in [1.807, 2.05) is 36.4 Å². The third-order valence-electron chi connectivity index (χ3n) is 11.8. The van der Waals surface area contributed by atoms with E-state index in [1.165, 1.54) is 5.56 Å². The number of anilines is 2. The number of imide groups is 1. The highest BCUT2D eigenvalue weighted by Gasteiger charge is 2.48. The van der Waals surface area contributed by atoms with Crippen LogP contribution in [0.5, 0.6) is 11.5 Å². The molecular formula is C39H40N8O5. The van der Waals surface area contributed by atoms with Crippen LogP contribution in [0.15, 0.2) is 60.7 Å². The Morgan fingerprint density at radius 2 is 1.67 bits per heavy atom. The Morgan fingerprint density at radius 1 is 0.865 bits per heavy atom. The van der Waals surface area contributed by atoms with Gasteiger partial charge in [-0.2, -0.15) is 0 Å². The van der Waals surface area contributed by atoms with Gasteiger partial charge in [-0.1, -0.05) is 24.3 Å². The number of carbonyl (C=O) groups excluding carboxylic acids is 3. The molecule has 2 aromatic heterocycles. The molecule has 52 heavy (non-hydrogen) atoms. The number of ether oxygens (including phenoxy) is 1. The molecule has 2 aromatic carbocycles. The van der Waals surface area contributed by atoms with Crippen molar-refractivity contribution in [1.82, 2.24) is 30.3 Å². The van der Waals surface area contributed by atoms with Crippen LogP contribution >= 0.6 is 0 Å². The Hall–Kier alpha value is -5.56. The minimum absolute atomic E-state index is 0.0835. The van der Waals surface area contributed by atoms with Crippen LogP contribution in [-0.4, -0.2) is 92.7 Å². The summed E-state index contributed by atoms with van der Waals surface area (Å²) in [4.78, 5) is 49.2. The minimum Gasteiger partial charge on any atom is -0.507 e. The summed E-state index contributed by atoms with van der Waals surface area (Å²) in [5.74, 6) is 1.27. The lowest BCUT2D eigenvalue weighted by Crippen LogP contribution is -2.52. The number of nitrogen functional groups attached to an aromatic ring is 1. The normalized spacial score (nSPS) is 21.6. The van der Waals surface area contributed by atoms with Gasteiger partial charge < -0.3 is 30.3 Å². The van der Waals surface area contributed by atoms with Gasteiger partial charge in [0.25, 0.3) is 5.91 Å². The second-order valence-corrected chi connectivity index (χ2v) is 14.6. The standard InChI is InChI=1S/C39H40N8O5/c40-36-26(20-30(43-44-36)25-4-1-2-6-32(25)48)29-5-3-7-33(41-29)46-16-12-23(13-17-46)45-18-14-39(15-19-45)22-52-35-27-21-47(31-10-11-34(49)42-37(31)50)38(51)24(27)8-9-28(35)39/h1-9,20,23,31,48H,10-19,21-22H2,(H2,40,44)(H,42,49,50). The highest BCUT2D eigenvalue weighted by atomic mass is 16.5. The molecule has 1 spiro atoms. The number of phenols is 1. The van der Waals surface area contributed by atoms with Crippen molar-refractivity contribution in [3.63, 3.8) is 0 Å². The second kappa shape index (κ2) is 12.6. The maximum atomic E-state index is 13.4. The van der Waals surface area contributed by atoms with Gasteiger partial charge in [0.2, 0.25) is 11.8 Å². The summed E-state index contributed by atoms with van der Waals surface area (Å²) in [6.07, 6.45) is 4.62. The Morgan fingerprint density at radius 3 is 2.46 bits per heavy atom. The number of likely N-dealkylation sites (tertiary alicyclic amines) is 1. The fraction of sp³-hybridized carbons (Fsp3) is 0.385. The summed E-state index contributed by atoms with van der Waals surface area (Å²) in [6, 6.07) is 18.6. The molecule has 5 aliphatic heterocycles. The van der Waals surface area contributed by atoms with E-state index >= 15 is 0 Å². The molecular weight excluding hydrogens is 660 g/mol. The van der Waals surface area contributed by atoms with Gasteiger partial charge in [-0.25, -0.2) is 4.98 Å². The van der Waals surface area contributed by atoms with Crippen molar-refractivity contribution >= 4 is 29.4 Å². The predicted molar refractivity (Wildman–Crippen MR) is 192 cm³/mol. The van der Waals surface area contributed by atoms with E-state index in [9.17, 15) is 19.5 Å². The average molecular weight is 701 g/mol. The summed E-state index contributed by atoms with van der Waals surface area (Å²) < 4.78 is 6.40. The van der Waals surface area contributed by atoms with Gasteiger partial charge in [-0.15, -0.1) is 10.2 Å². The molecule has 1 unspecified atom stereocenters. The van der Waals surface area contributed by atoms with Crippen molar-refractivity contribution in [2.75, 3.05) is 43.4 Å².